The van der Waals surface area contributed by atoms with E-state index in [1.165, 1.54) is 29.1 Å². The first kappa shape index (κ1) is 36.4. The van der Waals surface area contributed by atoms with E-state index in [4.69, 9.17) is 30.0 Å². The molecular weight excluding hydrogens is 715 g/mol. The number of amides is 1. The van der Waals surface area contributed by atoms with Gasteiger partial charge in [0.2, 0.25) is 0 Å². The summed E-state index contributed by atoms with van der Waals surface area (Å²) in [6.45, 7) is -2.03. The molecule has 0 spiro atoms. The van der Waals surface area contributed by atoms with Crippen molar-refractivity contribution >= 4 is 46.4 Å². The maximum Gasteiger partial charge on any atom is 0.481 e. The molecule has 3 aromatic heterocycles. The molecule has 0 bridgehead atoms. The molecule has 10 atom stereocenters. The Labute approximate surface area is 267 Å². The molecule has 3 aromatic rings. The highest BCUT2D eigenvalue weighted by Crippen LogP contribution is 2.61. The number of rotatable bonds is 13. The molecule has 2 aliphatic rings. The molecule has 2 saturated heterocycles. The molecule has 1 amide bonds. The minimum absolute atomic E-state index is 0.00286. The summed E-state index contributed by atoms with van der Waals surface area (Å²) in [5.41, 5.74) is 11.1. The van der Waals surface area contributed by atoms with Crippen molar-refractivity contribution in [1.82, 2.24) is 19.5 Å². The van der Waals surface area contributed by atoms with Crippen LogP contribution in [0.4, 0.5) is 5.82 Å². The smallest absolute Gasteiger partial charge is 0.387 e. The summed E-state index contributed by atoms with van der Waals surface area (Å²) < 4.78 is 68.4. The summed E-state index contributed by atoms with van der Waals surface area (Å²) >= 11 is 0. The number of hydrogen-bond donors (Lipinski definition) is 9. The van der Waals surface area contributed by atoms with Crippen molar-refractivity contribution in [2.24, 2.45) is 5.73 Å². The average molecular weight is 744 g/mol. The molecular formula is C21H29N7O17P3+. The van der Waals surface area contributed by atoms with E-state index < -0.39 is 91.7 Å². The van der Waals surface area contributed by atoms with E-state index in [0.29, 0.717) is 0 Å². The number of pyridine rings is 1. The summed E-state index contributed by atoms with van der Waals surface area (Å²) in [5, 5.41) is 31.5. The number of fused-ring (bicyclic) bond motifs is 1. The van der Waals surface area contributed by atoms with E-state index >= 15 is 0 Å². The molecule has 5 heterocycles. The summed E-state index contributed by atoms with van der Waals surface area (Å²) in [5.74, 6) is -0.848. The number of nitrogens with zero attached hydrogens (tertiary/aromatic N) is 5. The fourth-order valence-corrected chi connectivity index (χ4v) is 7.47. The van der Waals surface area contributed by atoms with Gasteiger partial charge in [0.05, 0.1) is 19.5 Å². The first-order chi connectivity index (χ1) is 22.4. The highest BCUT2D eigenvalue weighted by molar-refractivity contribution is 7.61. The second-order valence-electron chi connectivity index (χ2n) is 10.3. The fourth-order valence-electron chi connectivity index (χ4n) is 4.83. The molecule has 0 saturated carbocycles. The molecule has 0 aliphatic carbocycles. The van der Waals surface area contributed by atoms with Gasteiger partial charge in [-0.25, -0.2) is 28.6 Å². The van der Waals surface area contributed by atoms with Gasteiger partial charge in [-0.3, -0.25) is 22.9 Å². The van der Waals surface area contributed by atoms with Crippen LogP contribution >= 0.6 is 23.5 Å². The first-order valence-corrected chi connectivity index (χ1v) is 17.9. The molecule has 2 fully saturated rings. The summed E-state index contributed by atoms with van der Waals surface area (Å²) in [7, 11) is -16.3. The van der Waals surface area contributed by atoms with Crippen LogP contribution in [0.1, 0.15) is 22.8 Å². The second-order valence-corrected chi connectivity index (χ2v) is 14.5. The van der Waals surface area contributed by atoms with Crippen molar-refractivity contribution in [3.05, 3.63) is 42.7 Å². The minimum atomic E-state index is -5.52. The number of nitrogens with two attached hydrogens (primary N) is 2. The van der Waals surface area contributed by atoms with E-state index in [1.54, 1.807) is 0 Å². The van der Waals surface area contributed by atoms with Gasteiger partial charge in [0.15, 0.2) is 36.2 Å². The van der Waals surface area contributed by atoms with Gasteiger partial charge in [-0.2, -0.15) is 8.88 Å². The number of carbonyl (C=O) groups is 1. The topological polar surface area (TPSA) is 365 Å². The number of primary amides is 1. The van der Waals surface area contributed by atoms with Crippen LogP contribution in [0.2, 0.25) is 0 Å². The van der Waals surface area contributed by atoms with Crippen LogP contribution in [0, 0.1) is 0 Å². The molecule has 27 heteroatoms. The number of hydrogen-bond acceptors (Lipinski definition) is 17. The number of aliphatic hydroxyl groups is 3. The van der Waals surface area contributed by atoms with E-state index in [1.807, 2.05) is 0 Å². The molecule has 2 unspecified atom stereocenters. The quantitative estimate of drug-likeness (QED) is 0.0626. The number of ether oxygens (including phenoxy) is 2. The van der Waals surface area contributed by atoms with Crippen LogP contribution in [-0.2, 0) is 41.1 Å². The number of anilines is 1. The van der Waals surface area contributed by atoms with Gasteiger partial charge in [-0.1, -0.05) is 0 Å². The molecule has 0 radical (unpaired) electrons. The van der Waals surface area contributed by atoms with E-state index in [0.717, 1.165) is 17.2 Å². The Hall–Kier alpha value is -2.86. The van der Waals surface area contributed by atoms with Crippen molar-refractivity contribution < 1.29 is 85.3 Å². The standard InChI is InChI=1S/C21H28N7O17P3/c22-17-12-19(25-7-24-17)28(8-26-12)21-16(44-46(33,34)35)14(30)11(43-21)6-41-48(38,39)45-47(36,37)40-5-10-13(29)15(31)20(42-10)27-3-1-2-9(4-27)18(23)32/h1-4,7-8,10-11,13-16,20-21,29-31H,5-6H2,(H7-,22,23,24,25,32,33,34,35,36,37,38,39)/p+1/t10-,11-,13+,14-,15+,16+,20+,21+/m1/s1. The van der Waals surface area contributed by atoms with Crippen molar-refractivity contribution in [3.63, 3.8) is 0 Å². The Morgan fingerprint density at radius 2 is 1.60 bits per heavy atom. The number of phosphoric ester groups is 3. The van der Waals surface area contributed by atoms with E-state index in [2.05, 4.69) is 23.8 Å². The minimum Gasteiger partial charge on any atom is -0.387 e. The molecule has 2 aliphatic heterocycles. The fraction of sp³-hybridized carbons (Fsp3) is 0.476. The lowest BCUT2D eigenvalue weighted by molar-refractivity contribution is -0.765. The number of carbonyl (C=O) groups excluding carboxylic acids is 1. The maximum absolute atomic E-state index is 12.6. The number of aromatic nitrogens is 5. The van der Waals surface area contributed by atoms with Gasteiger partial charge in [-0.15, -0.1) is 0 Å². The van der Waals surface area contributed by atoms with Crippen LogP contribution in [0.5, 0.6) is 0 Å². The van der Waals surface area contributed by atoms with E-state index in [9.17, 15) is 53.4 Å². The Balaban J connectivity index is 1.21. The van der Waals surface area contributed by atoms with Gasteiger partial charge >= 0.3 is 23.5 Å². The predicted molar refractivity (Wildman–Crippen MR) is 150 cm³/mol. The predicted octanol–water partition coefficient (Wildman–Crippen LogP) is -2.90. The zero-order valence-electron chi connectivity index (χ0n) is 23.9. The molecule has 11 N–H and O–H groups in total. The second kappa shape index (κ2) is 13.8. The van der Waals surface area contributed by atoms with E-state index in [-0.39, 0.29) is 22.5 Å². The van der Waals surface area contributed by atoms with Crippen molar-refractivity contribution in [2.75, 3.05) is 18.9 Å². The summed E-state index contributed by atoms with van der Waals surface area (Å²) in [4.78, 5) is 62.2. The Kier molecular flexibility index (Phi) is 10.5. The lowest BCUT2D eigenvalue weighted by Crippen LogP contribution is -2.46. The van der Waals surface area contributed by atoms with Crippen LogP contribution in [0.25, 0.3) is 11.2 Å². The number of aliphatic hydroxyl groups excluding tert-OH is 3. The monoisotopic (exact) mass is 744 g/mol. The first-order valence-electron chi connectivity index (χ1n) is 13.3. The number of nitrogen functional groups attached to an aromatic ring is 1. The maximum atomic E-state index is 12.6. The van der Waals surface area contributed by atoms with Gasteiger partial charge in [0, 0.05) is 6.07 Å². The zero-order chi connectivity index (χ0) is 35.2. The normalized spacial score (nSPS) is 30.3. The lowest BCUT2D eigenvalue weighted by atomic mass is 10.1. The van der Waals surface area contributed by atoms with Crippen LogP contribution in [-0.4, -0.2) is 110 Å². The van der Waals surface area contributed by atoms with Gasteiger partial charge < -0.3 is 55.8 Å². The van der Waals surface area contributed by atoms with Crippen molar-refractivity contribution in [1.29, 1.82) is 0 Å². The third-order valence-electron chi connectivity index (χ3n) is 6.98. The summed E-state index contributed by atoms with van der Waals surface area (Å²) in [6.07, 6.45) is -8.39. The van der Waals surface area contributed by atoms with Crippen molar-refractivity contribution in [3.8, 4) is 0 Å². The Bertz CT molecular complexity index is 1810. The molecule has 264 valence electrons. The molecule has 24 nitrogen and oxygen atoms in total. The third kappa shape index (κ3) is 8.12. The Morgan fingerprint density at radius 3 is 2.23 bits per heavy atom. The average Bonchev–Trinajstić information content (AvgIpc) is 3.64. The van der Waals surface area contributed by atoms with Crippen LogP contribution in [0.3, 0.4) is 0 Å². The summed E-state index contributed by atoms with van der Waals surface area (Å²) in [6, 6.07) is 2.79. The van der Waals surface area contributed by atoms with Gasteiger partial charge in [0.1, 0.15) is 47.9 Å². The largest absolute Gasteiger partial charge is 0.481 e. The SMILES string of the molecule is NC(=O)c1ccc[n+]([C@H]2O[C@H](COP(=O)(O)OP(=O)(O)OC[C@H]3O[C@H](n4cnc5c(N)ncnc54)[C@@H](OP(=O)(O)O)[C@@H]3O)[C@H](O)[C@@H]2O)c1. The lowest BCUT2D eigenvalue weighted by Gasteiger charge is -2.22. The highest BCUT2D eigenvalue weighted by Gasteiger charge is 2.51. The number of phosphoric acid groups is 3. The van der Waals surface area contributed by atoms with Crippen LogP contribution in [0.15, 0.2) is 37.2 Å². The van der Waals surface area contributed by atoms with Gasteiger partial charge in [0.25, 0.3) is 12.1 Å². The number of imidazole rings is 1. The van der Waals surface area contributed by atoms with Crippen LogP contribution < -0.4 is 16.0 Å². The Morgan fingerprint density at radius 1 is 0.958 bits per heavy atom. The third-order valence-corrected chi connectivity index (χ3v) is 10.1. The molecule has 5 rings (SSSR count). The molecule has 48 heavy (non-hydrogen) atoms. The highest BCUT2D eigenvalue weighted by atomic mass is 31.3. The zero-order valence-corrected chi connectivity index (χ0v) is 26.6. The molecule has 0 aromatic carbocycles. The van der Waals surface area contributed by atoms with Gasteiger partial charge in [-0.05, 0) is 6.07 Å². The van der Waals surface area contributed by atoms with Crippen molar-refractivity contribution in [2.45, 2.75) is 49.1 Å².